The molecular weight excluding hydrogens is 411 g/mol. The average Bonchev–Trinajstić information content (AvgIpc) is 3.24. The molecule has 2 aromatic carbocycles. The Morgan fingerprint density at radius 3 is 2.53 bits per heavy atom. The molecule has 162 valence electrons. The number of halogens is 1. The molecule has 0 atom stereocenters. The van der Waals surface area contributed by atoms with Crippen molar-refractivity contribution >= 4 is 17.5 Å². The molecule has 2 aromatic heterocycles. The highest BCUT2D eigenvalue weighted by atomic mass is 19.1. The van der Waals surface area contributed by atoms with Gasteiger partial charge in [0.2, 0.25) is 0 Å². The molecule has 4 rings (SSSR count). The summed E-state index contributed by atoms with van der Waals surface area (Å²) in [6.07, 6.45) is 3.80. The largest absolute Gasteiger partial charge is 0.487 e. The number of imidazole rings is 1. The van der Waals surface area contributed by atoms with Crippen LogP contribution in [0.5, 0.6) is 5.75 Å². The third-order valence-corrected chi connectivity index (χ3v) is 4.71. The van der Waals surface area contributed by atoms with Gasteiger partial charge in [-0.25, -0.2) is 9.37 Å². The number of rotatable bonds is 8. The number of fused-ring (bicyclic) bond motifs is 1. The molecule has 0 spiro atoms. The molecule has 0 unspecified atom stereocenters. The smallest absolute Gasteiger partial charge is 0.254 e. The number of nitrogens with zero attached hydrogens (tertiary/aromatic N) is 2. The molecular formula is C24H21FN4O3. The number of aromatic nitrogens is 2. The second-order valence-corrected chi connectivity index (χ2v) is 7.01. The van der Waals surface area contributed by atoms with Crippen LogP contribution in [0.3, 0.4) is 0 Å². The standard InChI is InChI=1S/C24H21FN4O3/c25-21-9-2-1-8-20(21)24(31)27-12-11-26-23(30)17-6-5-7-19(14-17)32-16-18-15-29-13-4-3-10-22(29)28-18/h1-10,13-15H,11-12,16H2,(H,26,30)(H,27,31). The maximum absolute atomic E-state index is 13.6. The molecule has 2 amide bonds. The first-order valence-corrected chi connectivity index (χ1v) is 10.1. The molecule has 0 saturated carbocycles. The van der Waals surface area contributed by atoms with E-state index in [2.05, 4.69) is 15.6 Å². The quantitative estimate of drug-likeness (QED) is 0.419. The van der Waals surface area contributed by atoms with Crippen LogP contribution in [0.2, 0.25) is 0 Å². The van der Waals surface area contributed by atoms with Crippen LogP contribution >= 0.6 is 0 Å². The van der Waals surface area contributed by atoms with Gasteiger partial charge >= 0.3 is 0 Å². The number of hydrogen-bond acceptors (Lipinski definition) is 4. The van der Waals surface area contributed by atoms with E-state index in [0.717, 1.165) is 11.3 Å². The van der Waals surface area contributed by atoms with Crippen molar-refractivity contribution < 1.29 is 18.7 Å². The molecule has 0 radical (unpaired) electrons. The van der Waals surface area contributed by atoms with E-state index in [4.69, 9.17) is 4.74 Å². The fraction of sp³-hybridized carbons (Fsp3) is 0.125. The van der Waals surface area contributed by atoms with Crippen LogP contribution in [-0.4, -0.2) is 34.3 Å². The lowest BCUT2D eigenvalue weighted by Gasteiger charge is -2.09. The summed E-state index contributed by atoms with van der Waals surface area (Å²) in [4.78, 5) is 28.9. The molecule has 0 aliphatic rings. The van der Waals surface area contributed by atoms with Crippen LogP contribution in [0.4, 0.5) is 4.39 Å². The van der Waals surface area contributed by atoms with Gasteiger partial charge < -0.3 is 19.8 Å². The molecule has 2 heterocycles. The first-order chi connectivity index (χ1) is 15.6. The molecule has 4 aromatic rings. The van der Waals surface area contributed by atoms with Crippen molar-refractivity contribution in [1.29, 1.82) is 0 Å². The number of amides is 2. The van der Waals surface area contributed by atoms with Crippen molar-refractivity contribution in [3.8, 4) is 5.75 Å². The van der Waals surface area contributed by atoms with Crippen molar-refractivity contribution in [2.24, 2.45) is 0 Å². The number of benzene rings is 2. The summed E-state index contributed by atoms with van der Waals surface area (Å²) in [6.45, 7) is 0.642. The van der Waals surface area contributed by atoms with Gasteiger partial charge in [-0.2, -0.15) is 0 Å². The Hall–Kier alpha value is -4.20. The van der Waals surface area contributed by atoms with Gasteiger partial charge in [-0.05, 0) is 42.5 Å². The summed E-state index contributed by atoms with van der Waals surface area (Å²) < 4.78 is 21.3. The first-order valence-electron chi connectivity index (χ1n) is 10.1. The van der Waals surface area contributed by atoms with Gasteiger partial charge in [-0.3, -0.25) is 9.59 Å². The molecule has 32 heavy (non-hydrogen) atoms. The third-order valence-electron chi connectivity index (χ3n) is 4.71. The molecule has 0 aliphatic heterocycles. The van der Waals surface area contributed by atoms with Gasteiger partial charge in [0.1, 0.15) is 23.8 Å². The Bertz CT molecular complexity index is 1220. The number of carbonyl (C=O) groups is 2. The van der Waals surface area contributed by atoms with Crippen molar-refractivity contribution in [2.75, 3.05) is 13.1 Å². The zero-order chi connectivity index (χ0) is 22.3. The summed E-state index contributed by atoms with van der Waals surface area (Å²) in [6, 6.07) is 18.3. The highest BCUT2D eigenvalue weighted by Crippen LogP contribution is 2.15. The van der Waals surface area contributed by atoms with E-state index in [9.17, 15) is 14.0 Å². The molecule has 0 fully saturated rings. The second kappa shape index (κ2) is 9.74. The summed E-state index contributed by atoms with van der Waals surface area (Å²) >= 11 is 0. The predicted octanol–water partition coefficient (Wildman–Crippen LogP) is 3.21. The fourth-order valence-electron chi connectivity index (χ4n) is 3.14. The number of nitrogens with one attached hydrogen (secondary N) is 2. The van der Waals surface area contributed by atoms with Crippen molar-refractivity contribution in [3.63, 3.8) is 0 Å². The zero-order valence-electron chi connectivity index (χ0n) is 17.1. The van der Waals surface area contributed by atoms with Gasteiger partial charge in [0.05, 0.1) is 11.3 Å². The Labute approximate surface area is 183 Å². The van der Waals surface area contributed by atoms with Gasteiger partial charge in [-0.1, -0.05) is 24.3 Å². The Balaban J connectivity index is 1.26. The molecule has 0 aliphatic carbocycles. The number of carbonyl (C=O) groups excluding carboxylic acids is 2. The van der Waals surface area contributed by atoms with Gasteiger partial charge in [0.15, 0.2) is 0 Å². The van der Waals surface area contributed by atoms with Gasteiger partial charge in [-0.15, -0.1) is 0 Å². The van der Waals surface area contributed by atoms with Crippen molar-refractivity contribution in [2.45, 2.75) is 6.61 Å². The maximum atomic E-state index is 13.6. The van der Waals surface area contributed by atoms with Crippen LogP contribution < -0.4 is 15.4 Å². The van der Waals surface area contributed by atoms with Crippen LogP contribution in [0.25, 0.3) is 5.65 Å². The lowest BCUT2D eigenvalue weighted by Crippen LogP contribution is -2.35. The Morgan fingerprint density at radius 2 is 1.72 bits per heavy atom. The Morgan fingerprint density at radius 1 is 0.938 bits per heavy atom. The second-order valence-electron chi connectivity index (χ2n) is 7.01. The highest BCUT2D eigenvalue weighted by molar-refractivity contribution is 5.95. The van der Waals surface area contributed by atoms with Gasteiger partial charge in [0, 0.05) is 31.0 Å². The van der Waals surface area contributed by atoms with E-state index in [1.165, 1.54) is 18.2 Å². The van der Waals surface area contributed by atoms with E-state index in [-0.39, 0.29) is 31.2 Å². The third kappa shape index (κ3) is 5.10. The molecule has 8 heteroatoms. The minimum Gasteiger partial charge on any atom is -0.487 e. The van der Waals surface area contributed by atoms with Crippen LogP contribution in [0.1, 0.15) is 26.4 Å². The van der Waals surface area contributed by atoms with Crippen LogP contribution in [0.15, 0.2) is 79.1 Å². The highest BCUT2D eigenvalue weighted by Gasteiger charge is 2.11. The van der Waals surface area contributed by atoms with Crippen molar-refractivity contribution in [3.05, 3.63) is 102 Å². The lowest BCUT2D eigenvalue weighted by atomic mass is 10.2. The fourth-order valence-corrected chi connectivity index (χ4v) is 3.14. The molecule has 0 bridgehead atoms. The lowest BCUT2D eigenvalue weighted by molar-refractivity contribution is 0.0925. The maximum Gasteiger partial charge on any atom is 0.254 e. The van der Waals surface area contributed by atoms with Crippen LogP contribution in [0, 0.1) is 5.82 Å². The minimum absolute atomic E-state index is 0.0331. The zero-order valence-corrected chi connectivity index (χ0v) is 17.1. The molecule has 7 nitrogen and oxygen atoms in total. The molecule has 2 N–H and O–H groups in total. The van der Waals surface area contributed by atoms with E-state index >= 15 is 0 Å². The normalized spacial score (nSPS) is 10.7. The number of ether oxygens (including phenoxy) is 1. The van der Waals surface area contributed by atoms with E-state index in [1.54, 1.807) is 30.3 Å². The van der Waals surface area contributed by atoms with E-state index in [0.29, 0.717) is 11.3 Å². The predicted molar refractivity (Wildman–Crippen MR) is 117 cm³/mol. The van der Waals surface area contributed by atoms with Gasteiger partial charge in [0.25, 0.3) is 11.8 Å². The van der Waals surface area contributed by atoms with E-state index < -0.39 is 11.7 Å². The monoisotopic (exact) mass is 432 g/mol. The number of pyridine rings is 1. The summed E-state index contributed by atoms with van der Waals surface area (Å²) in [5, 5.41) is 5.30. The number of hydrogen-bond donors (Lipinski definition) is 2. The van der Waals surface area contributed by atoms with E-state index in [1.807, 2.05) is 35.0 Å². The summed E-state index contributed by atoms with van der Waals surface area (Å²) in [5.41, 5.74) is 2.00. The topological polar surface area (TPSA) is 84.7 Å². The molecule has 0 saturated heterocycles. The minimum atomic E-state index is -0.588. The first kappa shape index (κ1) is 21.0. The van der Waals surface area contributed by atoms with Crippen molar-refractivity contribution in [1.82, 2.24) is 20.0 Å². The van der Waals surface area contributed by atoms with Crippen LogP contribution in [-0.2, 0) is 6.61 Å². The Kier molecular flexibility index (Phi) is 6.41. The average molecular weight is 432 g/mol. The summed E-state index contributed by atoms with van der Waals surface area (Å²) in [5.74, 6) is -0.875. The summed E-state index contributed by atoms with van der Waals surface area (Å²) in [7, 11) is 0. The SMILES string of the molecule is O=C(NCCNC(=O)c1ccccc1F)c1cccc(OCc2cn3ccccc3n2)c1.